The number of aromatic nitrogens is 4. The van der Waals surface area contributed by atoms with Crippen molar-refractivity contribution < 1.29 is 14.6 Å². The fourth-order valence-corrected chi connectivity index (χ4v) is 1.27. The van der Waals surface area contributed by atoms with Gasteiger partial charge in [-0.15, -0.1) is 5.10 Å². The van der Waals surface area contributed by atoms with Crippen LogP contribution in [0.4, 0.5) is 0 Å². The second-order valence-electron chi connectivity index (χ2n) is 3.35. The Bertz CT molecular complexity index is 481. The number of nitrogens with one attached hydrogen (secondary N) is 1. The van der Waals surface area contributed by atoms with E-state index in [0.717, 1.165) is 5.56 Å². The van der Waals surface area contributed by atoms with Crippen molar-refractivity contribution in [2.45, 2.75) is 13.0 Å². The molecule has 0 saturated heterocycles. The van der Waals surface area contributed by atoms with Crippen LogP contribution in [0, 0.1) is 0 Å². The van der Waals surface area contributed by atoms with Crippen molar-refractivity contribution in [3.8, 4) is 5.75 Å². The number of carbonyl (C=O) groups is 1. The largest absolute Gasteiger partial charge is 0.486 e. The van der Waals surface area contributed by atoms with Crippen molar-refractivity contribution in [3.63, 3.8) is 0 Å². The van der Waals surface area contributed by atoms with Crippen LogP contribution in [0.15, 0.2) is 24.3 Å². The average Bonchev–Trinajstić information content (AvgIpc) is 2.80. The van der Waals surface area contributed by atoms with E-state index in [9.17, 15) is 4.79 Å². The standard InChI is InChI=1S/C10H10N4O3/c15-10(16)5-7-1-3-8(4-2-7)17-6-9-11-13-14-12-9/h1-4H,5-6H2,(H,15,16)(H,11,12,13,14). The highest BCUT2D eigenvalue weighted by Crippen LogP contribution is 2.13. The Labute approximate surface area is 96.4 Å². The van der Waals surface area contributed by atoms with Crippen molar-refractivity contribution in [1.82, 2.24) is 20.6 Å². The van der Waals surface area contributed by atoms with Gasteiger partial charge in [0.15, 0.2) is 5.82 Å². The van der Waals surface area contributed by atoms with Crippen LogP contribution >= 0.6 is 0 Å². The molecule has 0 bridgehead atoms. The number of benzene rings is 1. The van der Waals surface area contributed by atoms with Gasteiger partial charge in [0.2, 0.25) is 0 Å². The van der Waals surface area contributed by atoms with Crippen LogP contribution in [0.5, 0.6) is 5.75 Å². The molecule has 0 amide bonds. The van der Waals surface area contributed by atoms with Gasteiger partial charge in [0, 0.05) is 0 Å². The molecule has 0 aliphatic carbocycles. The van der Waals surface area contributed by atoms with E-state index in [1.54, 1.807) is 24.3 Å². The Morgan fingerprint density at radius 2 is 2.12 bits per heavy atom. The lowest BCUT2D eigenvalue weighted by Crippen LogP contribution is -2.00. The predicted octanol–water partition coefficient (Wildman–Crippen LogP) is 0.406. The highest BCUT2D eigenvalue weighted by molar-refractivity contribution is 5.70. The number of hydrogen-bond acceptors (Lipinski definition) is 5. The topological polar surface area (TPSA) is 101 Å². The summed E-state index contributed by atoms with van der Waals surface area (Å²) in [4.78, 5) is 10.5. The maximum absolute atomic E-state index is 10.5. The van der Waals surface area contributed by atoms with Gasteiger partial charge in [0.25, 0.3) is 0 Å². The zero-order valence-corrected chi connectivity index (χ0v) is 8.83. The van der Waals surface area contributed by atoms with Gasteiger partial charge in [0.1, 0.15) is 12.4 Å². The summed E-state index contributed by atoms with van der Waals surface area (Å²) < 4.78 is 5.39. The molecule has 0 spiro atoms. The zero-order valence-electron chi connectivity index (χ0n) is 8.83. The molecule has 0 saturated carbocycles. The normalized spacial score (nSPS) is 10.1. The third-order valence-corrected chi connectivity index (χ3v) is 2.04. The summed E-state index contributed by atoms with van der Waals surface area (Å²) in [5.74, 6) is 0.307. The number of carboxylic acids is 1. The van der Waals surface area contributed by atoms with Crippen LogP contribution in [0.3, 0.4) is 0 Å². The van der Waals surface area contributed by atoms with E-state index in [1.165, 1.54) is 0 Å². The summed E-state index contributed by atoms with van der Waals surface area (Å²) in [5, 5.41) is 21.7. The first-order valence-corrected chi connectivity index (χ1v) is 4.90. The summed E-state index contributed by atoms with van der Waals surface area (Å²) >= 11 is 0. The highest BCUT2D eigenvalue weighted by Gasteiger charge is 2.02. The van der Waals surface area contributed by atoms with Crippen LogP contribution in [0.2, 0.25) is 0 Å². The Morgan fingerprint density at radius 1 is 1.35 bits per heavy atom. The van der Waals surface area contributed by atoms with E-state index < -0.39 is 5.97 Å². The zero-order chi connectivity index (χ0) is 12.1. The second-order valence-corrected chi connectivity index (χ2v) is 3.35. The molecule has 0 aliphatic rings. The number of aliphatic carboxylic acids is 1. The molecule has 1 aromatic carbocycles. The first-order chi connectivity index (χ1) is 8.24. The average molecular weight is 234 g/mol. The summed E-state index contributed by atoms with van der Waals surface area (Å²) in [6, 6.07) is 6.84. The Hall–Kier alpha value is -2.44. The van der Waals surface area contributed by atoms with Gasteiger partial charge in [-0.1, -0.05) is 12.1 Å². The van der Waals surface area contributed by atoms with Gasteiger partial charge in [0.05, 0.1) is 6.42 Å². The first kappa shape index (κ1) is 11.1. The van der Waals surface area contributed by atoms with Gasteiger partial charge in [-0.25, -0.2) is 5.10 Å². The Kier molecular flexibility index (Phi) is 3.29. The van der Waals surface area contributed by atoms with Crippen LogP contribution in [-0.4, -0.2) is 31.7 Å². The SMILES string of the molecule is O=C(O)Cc1ccc(OCc2nnn[nH]2)cc1. The molecule has 1 aromatic heterocycles. The smallest absolute Gasteiger partial charge is 0.307 e. The molecule has 7 nitrogen and oxygen atoms in total. The summed E-state index contributed by atoms with van der Waals surface area (Å²) in [6.07, 6.45) is 0.00625. The molecule has 0 fully saturated rings. The molecule has 0 radical (unpaired) electrons. The minimum atomic E-state index is -0.855. The fraction of sp³-hybridized carbons (Fsp3) is 0.200. The molecule has 0 unspecified atom stereocenters. The number of hydrogen-bond donors (Lipinski definition) is 2. The Balaban J connectivity index is 1.91. The number of aromatic amines is 1. The van der Waals surface area contributed by atoms with Crippen LogP contribution in [0.25, 0.3) is 0 Å². The van der Waals surface area contributed by atoms with Crippen molar-refractivity contribution in [2.24, 2.45) is 0 Å². The molecule has 2 N–H and O–H groups in total. The quantitative estimate of drug-likeness (QED) is 0.776. The maximum Gasteiger partial charge on any atom is 0.307 e. The third kappa shape index (κ3) is 3.26. The summed E-state index contributed by atoms with van der Waals surface area (Å²) in [5.41, 5.74) is 0.728. The maximum atomic E-state index is 10.5. The first-order valence-electron chi connectivity index (χ1n) is 4.90. The Morgan fingerprint density at radius 3 is 2.71 bits per heavy atom. The molecule has 17 heavy (non-hydrogen) atoms. The molecule has 1 heterocycles. The number of carboxylic acid groups (broad SMARTS) is 1. The molecule has 2 aromatic rings. The van der Waals surface area contributed by atoms with Gasteiger partial charge >= 0.3 is 5.97 Å². The van der Waals surface area contributed by atoms with E-state index >= 15 is 0 Å². The van der Waals surface area contributed by atoms with Crippen molar-refractivity contribution in [2.75, 3.05) is 0 Å². The van der Waals surface area contributed by atoms with Gasteiger partial charge in [-0.05, 0) is 28.1 Å². The highest BCUT2D eigenvalue weighted by atomic mass is 16.5. The molecular weight excluding hydrogens is 224 g/mol. The third-order valence-electron chi connectivity index (χ3n) is 2.04. The van der Waals surface area contributed by atoms with E-state index in [2.05, 4.69) is 20.6 Å². The molecular formula is C10H10N4O3. The van der Waals surface area contributed by atoms with Gasteiger partial charge in [-0.3, -0.25) is 4.79 Å². The summed E-state index contributed by atoms with van der Waals surface area (Å²) in [6.45, 7) is 0.241. The van der Waals surface area contributed by atoms with E-state index in [4.69, 9.17) is 9.84 Å². The number of tetrazole rings is 1. The number of ether oxygens (including phenoxy) is 1. The lowest BCUT2D eigenvalue weighted by Gasteiger charge is -2.04. The molecule has 0 aliphatic heterocycles. The minimum Gasteiger partial charge on any atom is -0.486 e. The number of rotatable bonds is 5. The molecule has 0 atom stereocenters. The minimum absolute atomic E-state index is 0.00625. The van der Waals surface area contributed by atoms with E-state index in [0.29, 0.717) is 11.6 Å². The lowest BCUT2D eigenvalue weighted by molar-refractivity contribution is -0.136. The predicted molar refractivity (Wildman–Crippen MR) is 56.3 cm³/mol. The van der Waals surface area contributed by atoms with Crippen molar-refractivity contribution >= 4 is 5.97 Å². The fourth-order valence-electron chi connectivity index (χ4n) is 1.27. The molecule has 2 rings (SSSR count). The van der Waals surface area contributed by atoms with E-state index in [-0.39, 0.29) is 13.0 Å². The van der Waals surface area contributed by atoms with Crippen LogP contribution in [-0.2, 0) is 17.8 Å². The van der Waals surface area contributed by atoms with Crippen LogP contribution < -0.4 is 4.74 Å². The molecule has 88 valence electrons. The molecule has 7 heteroatoms. The van der Waals surface area contributed by atoms with E-state index in [1.807, 2.05) is 0 Å². The van der Waals surface area contributed by atoms with Crippen molar-refractivity contribution in [1.29, 1.82) is 0 Å². The number of nitrogens with zero attached hydrogens (tertiary/aromatic N) is 3. The van der Waals surface area contributed by atoms with Gasteiger partial charge in [-0.2, -0.15) is 0 Å². The van der Waals surface area contributed by atoms with Gasteiger partial charge < -0.3 is 9.84 Å². The van der Waals surface area contributed by atoms with Crippen LogP contribution in [0.1, 0.15) is 11.4 Å². The van der Waals surface area contributed by atoms with Crippen molar-refractivity contribution in [3.05, 3.63) is 35.7 Å². The summed E-state index contributed by atoms with van der Waals surface area (Å²) in [7, 11) is 0. The lowest BCUT2D eigenvalue weighted by atomic mass is 10.1. The second kappa shape index (κ2) is 5.06. The monoisotopic (exact) mass is 234 g/mol. The number of H-pyrrole nitrogens is 1.